The third kappa shape index (κ3) is 3.94. The lowest BCUT2D eigenvalue weighted by atomic mass is 10.1. The third-order valence-electron chi connectivity index (χ3n) is 4.34. The molecule has 0 atom stereocenters. The zero-order valence-electron chi connectivity index (χ0n) is 15.1. The number of carbonyl (C=O) groups excluding carboxylic acids is 1. The number of nitro benzene ring substituents is 1. The SMILES string of the molecule is COc1cc(/C=C/C(=O)N2CCc3ccc([N+](=O)[O-])cc32)ccc1OCC#N. The Morgan fingerprint density at radius 1 is 1.32 bits per heavy atom. The van der Waals surface area contributed by atoms with Crippen molar-refractivity contribution in [2.45, 2.75) is 6.42 Å². The lowest BCUT2D eigenvalue weighted by Gasteiger charge is -2.15. The Labute approximate surface area is 161 Å². The van der Waals surface area contributed by atoms with Crippen LogP contribution in [0.3, 0.4) is 0 Å². The second-order valence-corrected chi connectivity index (χ2v) is 6.00. The highest BCUT2D eigenvalue weighted by Gasteiger charge is 2.25. The first kappa shape index (κ1) is 18.9. The molecule has 0 saturated heterocycles. The number of ether oxygens (including phenoxy) is 2. The summed E-state index contributed by atoms with van der Waals surface area (Å²) >= 11 is 0. The van der Waals surface area contributed by atoms with Crippen molar-refractivity contribution in [3.8, 4) is 17.6 Å². The Morgan fingerprint density at radius 3 is 2.86 bits per heavy atom. The minimum atomic E-state index is -0.473. The van der Waals surface area contributed by atoms with Crippen molar-refractivity contribution < 1.29 is 19.2 Å². The van der Waals surface area contributed by atoms with E-state index in [1.165, 1.54) is 30.2 Å². The molecule has 8 heteroatoms. The molecule has 1 heterocycles. The Hall–Kier alpha value is -3.86. The van der Waals surface area contributed by atoms with Crippen LogP contribution in [0.5, 0.6) is 11.5 Å². The van der Waals surface area contributed by atoms with E-state index in [1.807, 2.05) is 6.07 Å². The van der Waals surface area contributed by atoms with Gasteiger partial charge in [0.1, 0.15) is 6.07 Å². The van der Waals surface area contributed by atoms with E-state index >= 15 is 0 Å². The maximum absolute atomic E-state index is 12.6. The van der Waals surface area contributed by atoms with Crippen molar-refractivity contribution in [3.05, 3.63) is 63.7 Å². The van der Waals surface area contributed by atoms with Crippen LogP contribution in [0.15, 0.2) is 42.5 Å². The van der Waals surface area contributed by atoms with Crippen molar-refractivity contribution in [2.75, 3.05) is 25.2 Å². The van der Waals surface area contributed by atoms with Gasteiger partial charge in [-0.2, -0.15) is 5.26 Å². The van der Waals surface area contributed by atoms with Crippen molar-refractivity contribution in [1.29, 1.82) is 5.26 Å². The number of anilines is 1. The number of amides is 1. The van der Waals surface area contributed by atoms with Crippen LogP contribution in [-0.4, -0.2) is 31.1 Å². The van der Waals surface area contributed by atoms with Gasteiger partial charge in [-0.05, 0) is 35.8 Å². The number of non-ortho nitro benzene ring substituents is 1. The minimum Gasteiger partial charge on any atom is -0.493 e. The second-order valence-electron chi connectivity index (χ2n) is 6.00. The highest BCUT2D eigenvalue weighted by atomic mass is 16.6. The summed E-state index contributed by atoms with van der Waals surface area (Å²) in [6.45, 7) is 0.383. The number of methoxy groups -OCH3 is 1. The number of hydrogen-bond donors (Lipinski definition) is 0. The Kier molecular flexibility index (Phi) is 5.56. The zero-order valence-corrected chi connectivity index (χ0v) is 15.1. The molecular weight excluding hydrogens is 362 g/mol. The Morgan fingerprint density at radius 2 is 2.14 bits per heavy atom. The van der Waals surface area contributed by atoms with Crippen LogP contribution in [0.1, 0.15) is 11.1 Å². The fraction of sp³-hybridized carbons (Fsp3) is 0.200. The predicted octanol–water partition coefficient (Wildman–Crippen LogP) is 3.11. The number of carbonyl (C=O) groups is 1. The van der Waals surface area contributed by atoms with Crippen LogP contribution < -0.4 is 14.4 Å². The van der Waals surface area contributed by atoms with E-state index in [4.69, 9.17) is 14.7 Å². The summed E-state index contributed by atoms with van der Waals surface area (Å²) in [5, 5.41) is 19.6. The normalized spacial score (nSPS) is 12.5. The zero-order chi connectivity index (χ0) is 20.1. The lowest BCUT2D eigenvalue weighted by molar-refractivity contribution is -0.384. The Balaban J connectivity index is 1.78. The number of nitro groups is 1. The highest BCUT2D eigenvalue weighted by molar-refractivity contribution is 6.05. The summed E-state index contributed by atoms with van der Waals surface area (Å²) in [6, 6.07) is 11.5. The molecule has 0 saturated carbocycles. The van der Waals surface area contributed by atoms with Gasteiger partial charge < -0.3 is 14.4 Å². The minimum absolute atomic E-state index is 0.0416. The first-order valence-corrected chi connectivity index (χ1v) is 8.48. The van der Waals surface area contributed by atoms with Crippen LogP contribution >= 0.6 is 0 Å². The third-order valence-corrected chi connectivity index (χ3v) is 4.34. The number of hydrogen-bond acceptors (Lipinski definition) is 6. The topological polar surface area (TPSA) is 106 Å². The average molecular weight is 379 g/mol. The standard InChI is InChI=1S/C20H17N3O5/c1-27-19-12-14(2-6-18(19)28-11-9-21)3-7-20(24)22-10-8-15-4-5-16(23(25)26)13-17(15)22/h2-7,12-13H,8,10-11H2,1H3/b7-3+. The molecule has 1 aliphatic heterocycles. The number of benzene rings is 2. The molecule has 2 aromatic carbocycles. The smallest absolute Gasteiger partial charge is 0.271 e. The van der Waals surface area contributed by atoms with Gasteiger partial charge in [0.2, 0.25) is 0 Å². The van der Waals surface area contributed by atoms with Gasteiger partial charge in [0.05, 0.1) is 17.7 Å². The fourth-order valence-electron chi connectivity index (χ4n) is 2.98. The predicted molar refractivity (Wildman–Crippen MR) is 102 cm³/mol. The van der Waals surface area contributed by atoms with Crippen molar-refractivity contribution in [3.63, 3.8) is 0 Å². The van der Waals surface area contributed by atoms with E-state index in [0.29, 0.717) is 35.7 Å². The van der Waals surface area contributed by atoms with Gasteiger partial charge in [-0.25, -0.2) is 0 Å². The summed E-state index contributed by atoms with van der Waals surface area (Å²) in [6.07, 6.45) is 3.71. The summed E-state index contributed by atoms with van der Waals surface area (Å²) in [4.78, 5) is 24.6. The first-order valence-electron chi connectivity index (χ1n) is 8.48. The van der Waals surface area contributed by atoms with Crippen LogP contribution in [-0.2, 0) is 11.2 Å². The molecule has 0 aromatic heterocycles. The number of nitrogens with zero attached hydrogens (tertiary/aromatic N) is 3. The van der Waals surface area contributed by atoms with E-state index < -0.39 is 4.92 Å². The average Bonchev–Trinajstić information content (AvgIpc) is 3.13. The highest BCUT2D eigenvalue weighted by Crippen LogP contribution is 2.32. The van der Waals surface area contributed by atoms with Crippen LogP contribution in [0.2, 0.25) is 0 Å². The molecule has 3 rings (SSSR count). The maximum Gasteiger partial charge on any atom is 0.271 e. The Bertz CT molecular complexity index is 994. The molecule has 0 bridgehead atoms. The van der Waals surface area contributed by atoms with Gasteiger partial charge in [0.25, 0.3) is 11.6 Å². The lowest BCUT2D eigenvalue weighted by Crippen LogP contribution is -2.26. The van der Waals surface area contributed by atoms with Crippen molar-refractivity contribution >= 4 is 23.4 Å². The quantitative estimate of drug-likeness (QED) is 0.434. The molecule has 0 N–H and O–H groups in total. The largest absolute Gasteiger partial charge is 0.493 e. The van der Waals surface area contributed by atoms with E-state index in [2.05, 4.69) is 0 Å². The summed E-state index contributed by atoms with van der Waals surface area (Å²) < 4.78 is 10.5. The second kappa shape index (κ2) is 8.22. The van der Waals surface area contributed by atoms with Crippen molar-refractivity contribution in [1.82, 2.24) is 0 Å². The van der Waals surface area contributed by atoms with Gasteiger partial charge in [-0.15, -0.1) is 0 Å². The van der Waals surface area contributed by atoms with Crippen molar-refractivity contribution in [2.24, 2.45) is 0 Å². The molecule has 1 amide bonds. The fourth-order valence-corrected chi connectivity index (χ4v) is 2.98. The molecule has 0 fully saturated rings. The summed E-state index contributed by atoms with van der Waals surface area (Å²) in [5.74, 6) is 0.628. The number of fused-ring (bicyclic) bond motifs is 1. The molecule has 142 valence electrons. The van der Waals surface area contributed by atoms with E-state index in [0.717, 1.165) is 5.56 Å². The van der Waals surface area contributed by atoms with Crippen LogP contribution in [0, 0.1) is 21.4 Å². The molecule has 0 spiro atoms. The molecule has 0 aliphatic carbocycles. The van der Waals surface area contributed by atoms with Gasteiger partial charge in [-0.3, -0.25) is 14.9 Å². The van der Waals surface area contributed by atoms with Gasteiger partial charge >= 0.3 is 0 Å². The summed E-state index contributed by atoms with van der Waals surface area (Å²) in [5.41, 5.74) is 2.16. The molecule has 8 nitrogen and oxygen atoms in total. The van der Waals surface area contributed by atoms with E-state index in [-0.39, 0.29) is 18.2 Å². The van der Waals surface area contributed by atoms with Gasteiger partial charge in [0, 0.05) is 24.8 Å². The number of rotatable bonds is 6. The monoisotopic (exact) mass is 379 g/mol. The molecule has 1 aliphatic rings. The van der Waals surface area contributed by atoms with E-state index in [1.54, 1.807) is 30.3 Å². The molecule has 0 radical (unpaired) electrons. The number of nitriles is 1. The van der Waals surface area contributed by atoms with Crippen LogP contribution in [0.4, 0.5) is 11.4 Å². The first-order chi connectivity index (χ1) is 13.5. The summed E-state index contributed by atoms with van der Waals surface area (Å²) in [7, 11) is 1.49. The van der Waals surface area contributed by atoms with E-state index in [9.17, 15) is 14.9 Å². The molecular formula is C20H17N3O5. The van der Waals surface area contributed by atoms with Gasteiger partial charge in [0.15, 0.2) is 18.1 Å². The molecule has 28 heavy (non-hydrogen) atoms. The molecule has 2 aromatic rings. The maximum atomic E-state index is 12.6. The van der Waals surface area contributed by atoms with Crippen LogP contribution in [0.25, 0.3) is 6.08 Å². The van der Waals surface area contributed by atoms with Gasteiger partial charge in [-0.1, -0.05) is 12.1 Å². The molecule has 0 unspecified atom stereocenters.